The molecule has 1 aliphatic heterocycles. The van der Waals surface area contributed by atoms with Crippen LogP contribution in [0.15, 0.2) is 62.8 Å². The number of ether oxygens (including phenoxy) is 2. The van der Waals surface area contributed by atoms with Crippen molar-refractivity contribution in [1.29, 1.82) is 0 Å². The zero-order valence-corrected chi connectivity index (χ0v) is 13.4. The van der Waals surface area contributed by atoms with Gasteiger partial charge in [0.1, 0.15) is 18.5 Å². The smallest absolute Gasteiger partial charge is 0.207 e. The van der Waals surface area contributed by atoms with Crippen molar-refractivity contribution in [1.82, 2.24) is 0 Å². The van der Waals surface area contributed by atoms with Gasteiger partial charge >= 0.3 is 0 Å². The Morgan fingerprint density at radius 2 is 1.81 bits per heavy atom. The number of hydrogen-bond donors (Lipinski definition) is 0. The van der Waals surface area contributed by atoms with Crippen molar-refractivity contribution in [2.75, 3.05) is 13.2 Å². The van der Waals surface area contributed by atoms with Crippen LogP contribution in [0.2, 0.25) is 0 Å². The van der Waals surface area contributed by atoms with E-state index in [2.05, 4.69) is 15.9 Å². The van der Waals surface area contributed by atoms with Crippen molar-refractivity contribution in [2.24, 2.45) is 0 Å². The van der Waals surface area contributed by atoms with Crippen LogP contribution in [0.5, 0.6) is 5.75 Å². The number of benzene rings is 2. The molecule has 0 amide bonds. The SMILES string of the molecule is O=S(=O)(c1ccc(OCC2CO2)cc1)c1ccccc1Br. The molecule has 2 aromatic carbocycles. The lowest BCUT2D eigenvalue weighted by Crippen LogP contribution is -2.05. The first-order valence-electron chi connectivity index (χ1n) is 6.41. The minimum atomic E-state index is -3.53. The lowest BCUT2D eigenvalue weighted by Gasteiger charge is -2.08. The Bertz CT molecular complexity index is 737. The highest BCUT2D eigenvalue weighted by Gasteiger charge is 2.23. The highest BCUT2D eigenvalue weighted by molar-refractivity contribution is 9.10. The molecular formula is C15H13BrO4S. The van der Waals surface area contributed by atoms with Gasteiger partial charge in [-0.15, -0.1) is 0 Å². The van der Waals surface area contributed by atoms with E-state index < -0.39 is 9.84 Å². The van der Waals surface area contributed by atoms with Gasteiger partial charge in [-0.25, -0.2) is 8.42 Å². The van der Waals surface area contributed by atoms with Crippen molar-refractivity contribution in [3.8, 4) is 5.75 Å². The fourth-order valence-electron chi connectivity index (χ4n) is 1.86. The molecule has 2 aromatic rings. The van der Waals surface area contributed by atoms with Gasteiger partial charge in [0.2, 0.25) is 9.84 Å². The molecule has 3 rings (SSSR count). The Balaban J connectivity index is 1.83. The number of rotatable bonds is 5. The first-order chi connectivity index (χ1) is 10.1. The zero-order chi connectivity index (χ0) is 14.9. The maximum atomic E-state index is 12.6. The molecule has 21 heavy (non-hydrogen) atoms. The Morgan fingerprint density at radius 3 is 2.43 bits per heavy atom. The van der Waals surface area contributed by atoms with Crippen molar-refractivity contribution in [2.45, 2.75) is 15.9 Å². The summed E-state index contributed by atoms with van der Waals surface area (Å²) in [5.41, 5.74) is 0. The van der Waals surface area contributed by atoms with Gasteiger partial charge < -0.3 is 9.47 Å². The van der Waals surface area contributed by atoms with Gasteiger partial charge in [0.05, 0.1) is 16.4 Å². The zero-order valence-electron chi connectivity index (χ0n) is 11.0. The topological polar surface area (TPSA) is 55.9 Å². The second-order valence-electron chi connectivity index (χ2n) is 4.67. The molecule has 6 heteroatoms. The molecule has 0 radical (unpaired) electrons. The molecule has 0 spiro atoms. The molecule has 1 heterocycles. The molecule has 1 aliphatic rings. The molecule has 4 nitrogen and oxygen atoms in total. The molecule has 0 bridgehead atoms. The third-order valence-corrected chi connectivity index (χ3v) is 5.88. The van der Waals surface area contributed by atoms with E-state index >= 15 is 0 Å². The minimum absolute atomic E-state index is 0.175. The van der Waals surface area contributed by atoms with Crippen LogP contribution in [0.3, 0.4) is 0 Å². The second kappa shape index (κ2) is 5.79. The first-order valence-corrected chi connectivity index (χ1v) is 8.69. The Labute approximate surface area is 131 Å². The molecule has 0 aliphatic carbocycles. The summed E-state index contributed by atoms with van der Waals surface area (Å²) in [5, 5.41) is 0. The minimum Gasteiger partial charge on any atom is -0.491 e. The fraction of sp³-hybridized carbons (Fsp3) is 0.200. The van der Waals surface area contributed by atoms with Crippen molar-refractivity contribution < 1.29 is 17.9 Å². The quantitative estimate of drug-likeness (QED) is 0.761. The number of sulfone groups is 1. The largest absolute Gasteiger partial charge is 0.491 e. The van der Waals surface area contributed by atoms with Crippen LogP contribution >= 0.6 is 15.9 Å². The van der Waals surface area contributed by atoms with Crippen LogP contribution < -0.4 is 4.74 Å². The molecule has 0 N–H and O–H groups in total. The number of hydrogen-bond acceptors (Lipinski definition) is 4. The van der Waals surface area contributed by atoms with Crippen LogP contribution in [0.1, 0.15) is 0 Å². The van der Waals surface area contributed by atoms with Gasteiger partial charge in [-0.05, 0) is 52.3 Å². The van der Waals surface area contributed by atoms with Crippen LogP contribution in [-0.4, -0.2) is 27.7 Å². The molecule has 1 fully saturated rings. The predicted octanol–water partition coefficient (Wildman–Crippen LogP) is 3.06. The molecule has 0 saturated carbocycles. The summed E-state index contributed by atoms with van der Waals surface area (Å²) >= 11 is 3.27. The highest BCUT2D eigenvalue weighted by Crippen LogP contribution is 2.28. The molecule has 1 unspecified atom stereocenters. The van der Waals surface area contributed by atoms with E-state index in [0.29, 0.717) is 16.8 Å². The maximum absolute atomic E-state index is 12.6. The van der Waals surface area contributed by atoms with Gasteiger partial charge in [-0.3, -0.25) is 0 Å². The lowest BCUT2D eigenvalue weighted by atomic mass is 10.3. The monoisotopic (exact) mass is 368 g/mol. The number of epoxide rings is 1. The predicted molar refractivity (Wildman–Crippen MR) is 81.3 cm³/mol. The number of halogens is 1. The highest BCUT2D eigenvalue weighted by atomic mass is 79.9. The van der Waals surface area contributed by atoms with E-state index in [-0.39, 0.29) is 15.9 Å². The van der Waals surface area contributed by atoms with Gasteiger partial charge in [-0.2, -0.15) is 0 Å². The van der Waals surface area contributed by atoms with Gasteiger partial charge in [0.25, 0.3) is 0 Å². The van der Waals surface area contributed by atoms with Crippen LogP contribution in [-0.2, 0) is 14.6 Å². The fourth-order valence-corrected chi connectivity index (χ4v) is 4.11. The summed E-state index contributed by atoms with van der Waals surface area (Å²) in [6.07, 6.45) is 0.175. The van der Waals surface area contributed by atoms with Crippen molar-refractivity contribution in [3.63, 3.8) is 0 Å². The molecular weight excluding hydrogens is 356 g/mol. The Morgan fingerprint density at radius 1 is 1.14 bits per heavy atom. The summed E-state index contributed by atoms with van der Waals surface area (Å²) in [5.74, 6) is 0.636. The third-order valence-electron chi connectivity index (χ3n) is 3.10. The van der Waals surface area contributed by atoms with E-state index in [1.807, 2.05) is 0 Å². The molecule has 110 valence electrons. The normalized spacial score (nSPS) is 17.5. The van der Waals surface area contributed by atoms with Crippen molar-refractivity contribution >= 4 is 25.8 Å². The molecule has 1 atom stereocenters. The van der Waals surface area contributed by atoms with Gasteiger partial charge in [0.15, 0.2) is 0 Å². The van der Waals surface area contributed by atoms with E-state index in [9.17, 15) is 8.42 Å². The summed E-state index contributed by atoms with van der Waals surface area (Å²) < 4.78 is 36.2. The Hall–Kier alpha value is -1.37. The summed E-state index contributed by atoms with van der Waals surface area (Å²) in [6, 6.07) is 13.2. The summed E-state index contributed by atoms with van der Waals surface area (Å²) in [7, 11) is -3.53. The average Bonchev–Trinajstić information content (AvgIpc) is 3.30. The summed E-state index contributed by atoms with van der Waals surface area (Å²) in [4.78, 5) is 0.495. The molecule has 0 aromatic heterocycles. The third kappa shape index (κ3) is 3.28. The maximum Gasteiger partial charge on any atom is 0.207 e. The standard InChI is InChI=1S/C15H13BrO4S/c16-14-3-1-2-4-15(14)21(17,18)13-7-5-11(6-8-13)19-9-12-10-20-12/h1-8,12H,9-10H2. The lowest BCUT2D eigenvalue weighted by molar-refractivity contribution is 0.263. The molecule has 1 saturated heterocycles. The van der Waals surface area contributed by atoms with E-state index in [0.717, 1.165) is 6.61 Å². The van der Waals surface area contributed by atoms with E-state index in [1.54, 1.807) is 48.5 Å². The Kier molecular flexibility index (Phi) is 4.01. The summed E-state index contributed by atoms with van der Waals surface area (Å²) in [6.45, 7) is 1.23. The van der Waals surface area contributed by atoms with Gasteiger partial charge in [0, 0.05) is 4.47 Å². The average molecular weight is 369 g/mol. The van der Waals surface area contributed by atoms with Crippen molar-refractivity contribution in [3.05, 3.63) is 53.0 Å². The van der Waals surface area contributed by atoms with E-state index in [1.165, 1.54) is 0 Å². The van der Waals surface area contributed by atoms with Crippen LogP contribution in [0, 0.1) is 0 Å². The van der Waals surface area contributed by atoms with E-state index in [4.69, 9.17) is 9.47 Å². The van der Waals surface area contributed by atoms with Crippen LogP contribution in [0.4, 0.5) is 0 Å². The first kappa shape index (κ1) is 14.6. The van der Waals surface area contributed by atoms with Gasteiger partial charge in [-0.1, -0.05) is 12.1 Å². The van der Waals surface area contributed by atoms with Crippen LogP contribution in [0.25, 0.3) is 0 Å². The second-order valence-corrected chi connectivity index (χ2v) is 7.44.